The van der Waals surface area contributed by atoms with Crippen molar-refractivity contribution in [1.82, 2.24) is 14.8 Å². The van der Waals surface area contributed by atoms with Crippen LogP contribution in [0, 0.1) is 0 Å². The van der Waals surface area contributed by atoms with Crippen molar-refractivity contribution in [1.29, 1.82) is 0 Å². The lowest BCUT2D eigenvalue weighted by atomic mass is 9.83. The van der Waals surface area contributed by atoms with Crippen LogP contribution in [0.4, 0.5) is 0 Å². The average molecular weight is 351 g/mol. The topological polar surface area (TPSA) is 64.1 Å². The van der Waals surface area contributed by atoms with Crippen LogP contribution in [0.15, 0.2) is 12.1 Å². The second kappa shape index (κ2) is 8.49. The normalized spacial score (nSPS) is 16.8. The van der Waals surface area contributed by atoms with Crippen LogP contribution in [-0.4, -0.2) is 81.4 Å². The molecular weight excluding hydrogens is 322 g/mol. The van der Waals surface area contributed by atoms with Gasteiger partial charge in [-0.2, -0.15) is 4.98 Å². The number of amides is 1. The number of rotatable bonds is 7. The van der Waals surface area contributed by atoms with Crippen LogP contribution in [0.2, 0.25) is 0 Å². The van der Waals surface area contributed by atoms with E-state index in [1.807, 2.05) is 4.90 Å². The first-order chi connectivity index (χ1) is 12.0. The summed E-state index contributed by atoms with van der Waals surface area (Å²) in [5, 5.41) is 0. The Morgan fingerprint density at radius 3 is 2.40 bits per heavy atom. The van der Waals surface area contributed by atoms with Crippen molar-refractivity contribution in [3.05, 3.63) is 17.7 Å². The highest BCUT2D eigenvalue weighted by Gasteiger charge is 2.38. The molecule has 0 unspecified atom stereocenters. The summed E-state index contributed by atoms with van der Waals surface area (Å²) in [5.41, 5.74) is 0.548. The molecule has 25 heavy (non-hydrogen) atoms. The monoisotopic (exact) mass is 351 g/mol. The number of aromatic nitrogens is 1. The molecule has 1 aromatic rings. The maximum absolute atomic E-state index is 12.9. The van der Waals surface area contributed by atoms with E-state index in [0.717, 1.165) is 25.9 Å². The average Bonchev–Trinajstić information content (AvgIpc) is 2.65. The van der Waals surface area contributed by atoms with Crippen molar-refractivity contribution in [2.75, 3.05) is 55.1 Å². The highest BCUT2D eigenvalue weighted by atomic mass is 16.5. The lowest BCUT2D eigenvalue weighted by Gasteiger charge is -2.46. The molecule has 0 bridgehead atoms. The maximum atomic E-state index is 12.9. The summed E-state index contributed by atoms with van der Waals surface area (Å²) in [4.78, 5) is 21.2. The highest BCUT2D eigenvalue weighted by Crippen LogP contribution is 2.32. The summed E-state index contributed by atoms with van der Waals surface area (Å²) in [7, 11) is 8.98. The molecule has 0 aromatic carbocycles. The summed E-state index contributed by atoms with van der Waals surface area (Å²) in [6, 6.07) is 3.40. The number of pyridine rings is 1. The van der Waals surface area contributed by atoms with E-state index in [1.165, 1.54) is 14.2 Å². The van der Waals surface area contributed by atoms with Gasteiger partial charge in [-0.3, -0.25) is 4.79 Å². The van der Waals surface area contributed by atoms with E-state index >= 15 is 0 Å². The molecule has 1 aliphatic rings. The third kappa shape index (κ3) is 4.22. The van der Waals surface area contributed by atoms with Gasteiger partial charge in [-0.05, 0) is 39.4 Å². The molecular formula is C18H29N3O4. The van der Waals surface area contributed by atoms with E-state index in [1.54, 1.807) is 19.2 Å². The Morgan fingerprint density at radius 2 is 1.88 bits per heavy atom. The van der Waals surface area contributed by atoms with Gasteiger partial charge in [0, 0.05) is 38.4 Å². The van der Waals surface area contributed by atoms with Crippen LogP contribution >= 0.6 is 0 Å². The Bertz CT molecular complexity index is 584. The van der Waals surface area contributed by atoms with Gasteiger partial charge in [0.1, 0.15) is 5.56 Å². The Morgan fingerprint density at radius 1 is 1.20 bits per heavy atom. The molecule has 2 heterocycles. The summed E-state index contributed by atoms with van der Waals surface area (Å²) >= 11 is 0. The minimum absolute atomic E-state index is 0.0499. The van der Waals surface area contributed by atoms with Crippen molar-refractivity contribution in [3.8, 4) is 11.8 Å². The van der Waals surface area contributed by atoms with Gasteiger partial charge in [0.15, 0.2) is 0 Å². The van der Waals surface area contributed by atoms with Gasteiger partial charge in [-0.1, -0.05) is 0 Å². The quantitative estimate of drug-likeness (QED) is 0.745. The molecule has 140 valence electrons. The lowest BCUT2D eigenvalue weighted by Crippen LogP contribution is -2.54. The first kappa shape index (κ1) is 19.5. The fourth-order valence-corrected chi connectivity index (χ4v) is 3.36. The number of carbonyl (C=O) groups excluding carboxylic acids is 1. The van der Waals surface area contributed by atoms with E-state index < -0.39 is 0 Å². The van der Waals surface area contributed by atoms with Gasteiger partial charge < -0.3 is 24.0 Å². The zero-order valence-corrected chi connectivity index (χ0v) is 15.9. The van der Waals surface area contributed by atoms with E-state index in [4.69, 9.17) is 14.2 Å². The van der Waals surface area contributed by atoms with Crippen molar-refractivity contribution in [3.63, 3.8) is 0 Å². The smallest absolute Gasteiger partial charge is 0.259 e. The van der Waals surface area contributed by atoms with Gasteiger partial charge in [-0.15, -0.1) is 0 Å². The summed E-state index contributed by atoms with van der Waals surface area (Å²) in [6.45, 7) is 2.13. The minimum Gasteiger partial charge on any atom is -0.481 e. The van der Waals surface area contributed by atoms with Crippen molar-refractivity contribution in [2.45, 2.75) is 24.8 Å². The maximum Gasteiger partial charge on any atom is 0.259 e. The minimum atomic E-state index is -0.0499. The van der Waals surface area contributed by atoms with Crippen LogP contribution in [0.3, 0.4) is 0 Å². The van der Waals surface area contributed by atoms with E-state index in [9.17, 15) is 4.79 Å². The van der Waals surface area contributed by atoms with E-state index in [-0.39, 0.29) is 11.4 Å². The second-order valence-electron chi connectivity index (χ2n) is 6.56. The van der Waals surface area contributed by atoms with Crippen molar-refractivity contribution < 1.29 is 19.0 Å². The fourth-order valence-electron chi connectivity index (χ4n) is 3.36. The molecule has 7 nitrogen and oxygen atoms in total. The highest BCUT2D eigenvalue weighted by molar-refractivity contribution is 5.96. The third-order valence-electron chi connectivity index (χ3n) is 5.17. The SMILES string of the molecule is COCCC1(N(C)C)CCN(C(=O)c2ccc(OC)nc2OC)CC1. The van der Waals surface area contributed by atoms with Crippen LogP contribution in [-0.2, 0) is 4.74 Å². The number of likely N-dealkylation sites (tertiary alicyclic amines) is 1. The van der Waals surface area contributed by atoms with Gasteiger partial charge in [0.05, 0.1) is 14.2 Å². The molecule has 0 aliphatic carbocycles. The molecule has 7 heteroatoms. The molecule has 1 aliphatic heterocycles. The molecule has 0 N–H and O–H groups in total. The number of nitrogens with zero attached hydrogens (tertiary/aromatic N) is 3. The van der Waals surface area contributed by atoms with Crippen molar-refractivity contribution in [2.24, 2.45) is 0 Å². The van der Waals surface area contributed by atoms with Crippen molar-refractivity contribution >= 4 is 5.91 Å². The predicted octanol–water partition coefficient (Wildman–Crippen LogP) is 1.67. The van der Waals surface area contributed by atoms with Crippen LogP contribution in [0.1, 0.15) is 29.6 Å². The van der Waals surface area contributed by atoms with Gasteiger partial charge in [0.2, 0.25) is 11.8 Å². The first-order valence-corrected chi connectivity index (χ1v) is 8.52. The molecule has 1 amide bonds. The summed E-state index contributed by atoms with van der Waals surface area (Å²) in [5.74, 6) is 0.678. The zero-order chi connectivity index (χ0) is 18.4. The van der Waals surface area contributed by atoms with Crippen LogP contribution < -0.4 is 9.47 Å². The fraction of sp³-hybridized carbons (Fsp3) is 0.667. The lowest BCUT2D eigenvalue weighted by molar-refractivity contribution is 0.0252. The number of methoxy groups -OCH3 is 3. The molecule has 0 atom stereocenters. The van der Waals surface area contributed by atoms with Crippen LogP contribution in [0.25, 0.3) is 0 Å². The first-order valence-electron chi connectivity index (χ1n) is 8.52. The second-order valence-corrected chi connectivity index (χ2v) is 6.56. The Labute approximate surface area is 149 Å². The van der Waals surface area contributed by atoms with E-state index in [0.29, 0.717) is 30.4 Å². The molecule has 1 fully saturated rings. The number of piperidine rings is 1. The molecule has 0 radical (unpaired) electrons. The largest absolute Gasteiger partial charge is 0.481 e. The number of ether oxygens (including phenoxy) is 3. The molecule has 0 spiro atoms. The Balaban J connectivity index is 2.10. The Hall–Kier alpha value is -1.86. The number of hydrogen-bond acceptors (Lipinski definition) is 6. The van der Waals surface area contributed by atoms with Crippen LogP contribution in [0.5, 0.6) is 11.8 Å². The summed E-state index contributed by atoms with van der Waals surface area (Å²) < 4.78 is 15.6. The van der Waals surface area contributed by atoms with Gasteiger partial charge in [0.25, 0.3) is 5.91 Å². The zero-order valence-electron chi connectivity index (χ0n) is 15.9. The number of carbonyl (C=O) groups is 1. The molecule has 1 saturated heterocycles. The van der Waals surface area contributed by atoms with E-state index in [2.05, 4.69) is 24.0 Å². The Kier molecular flexibility index (Phi) is 6.61. The summed E-state index contributed by atoms with van der Waals surface area (Å²) in [6.07, 6.45) is 2.80. The van der Waals surface area contributed by atoms with Gasteiger partial charge >= 0.3 is 0 Å². The predicted molar refractivity (Wildman–Crippen MR) is 95.4 cm³/mol. The molecule has 1 aromatic heterocycles. The standard InChI is InChI=1S/C18H29N3O4/c1-20(2)18(10-13-23-3)8-11-21(12-9-18)17(22)14-6-7-15(24-4)19-16(14)25-5/h6-7H,8-13H2,1-5H3. The van der Waals surface area contributed by atoms with Gasteiger partial charge in [-0.25, -0.2) is 0 Å². The molecule has 2 rings (SSSR count). The number of hydrogen-bond donors (Lipinski definition) is 0. The molecule has 0 saturated carbocycles. The third-order valence-corrected chi connectivity index (χ3v) is 5.17.